The van der Waals surface area contributed by atoms with Crippen molar-refractivity contribution in [3.05, 3.63) is 35.1 Å². The zero-order chi connectivity index (χ0) is 12.8. The number of aliphatic carboxylic acids is 1. The summed E-state index contributed by atoms with van der Waals surface area (Å²) in [5, 5.41) is 11.8. The van der Waals surface area contributed by atoms with E-state index in [9.17, 15) is 9.18 Å². The highest BCUT2D eigenvalue weighted by atomic mass is 19.1. The van der Waals surface area contributed by atoms with Gasteiger partial charge in [0.1, 0.15) is 11.9 Å². The summed E-state index contributed by atoms with van der Waals surface area (Å²) in [6.07, 6.45) is 0. The summed E-state index contributed by atoms with van der Waals surface area (Å²) in [4.78, 5) is 11.1. The molecule has 1 unspecified atom stereocenters. The Bertz CT molecular complexity index is 395. The molecule has 94 valence electrons. The first-order valence-electron chi connectivity index (χ1n) is 5.27. The molecule has 4 nitrogen and oxygen atoms in total. The first kappa shape index (κ1) is 13.6. The van der Waals surface area contributed by atoms with Crippen LogP contribution in [0.5, 0.6) is 0 Å². The predicted molar refractivity (Wildman–Crippen MR) is 61.4 cm³/mol. The van der Waals surface area contributed by atoms with E-state index < -0.39 is 17.8 Å². The fourth-order valence-electron chi connectivity index (χ4n) is 1.52. The summed E-state index contributed by atoms with van der Waals surface area (Å²) >= 11 is 0. The van der Waals surface area contributed by atoms with Crippen LogP contribution in [0.4, 0.5) is 4.39 Å². The van der Waals surface area contributed by atoms with Crippen LogP contribution in [0.3, 0.4) is 0 Å². The molecule has 1 rings (SSSR count). The largest absolute Gasteiger partial charge is 0.480 e. The summed E-state index contributed by atoms with van der Waals surface area (Å²) in [5.74, 6) is -1.63. The van der Waals surface area contributed by atoms with E-state index in [1.165, 1.54) is 19.2 Å². The SMILES string of the molecule is COCCNC(C(=O)O)c1cc(C)ccc1F. The first-order chi connectivity index (χ1) is 8.06. The lowest BCUT2D eigenvalue weighted by atomic mass is 10.0. The monoisotopic (exact) mass is 241 g/mol. The van der Waals surface area contributed by atoms with Crippen molar-refractivity contribution < 1.29 is 19.0 Å². The lowest BCUT2D eigenvalue weighted by Crippen LogP contribution is -2.31. The molecule has 0 bridgehead atoms. The van der Waals surface area contributed by atoms with Crippen LogP contribution in [-0.4, -0.2) is 31.3 Å². The van der Waals surface area contributed by atoms with E-state index in [2.05, 4.69) is 5.32 Å². The highest BCUT2D eigenvalue weighted by molar-refractivity contribution is 5.75. The number of rotatable bonds is 6. The average molecular weight is 241 g/mol. The Labute approximate surface area is 99.4 Å². The van der Waals surface area contributed by atoms with Crippen LogP contribution in [0.25, 0.3) is 0 Å². The molecule has 0 aromatic heterocycles. The van der Waals surface area contributed by atoms with Crippen molar-refractivity contribution in [3.8, 4) is 0 Å². The van der Waals surface area contributed by atoms with E-state index in [-0.39, 0.29) is 5.56 Å². The zero-order valence-electron chi connectivity index (χ0n) is 9.87. The lowest BCUT2D eigenvalue weighted by molar-refractivity contribution is -0.139. The fourth-order valence-corrected chi connectivity index (χ4v) is 1.52. The lowest BCUT2D eigenvalue weighted by Gasteiger charge is -2.15. The second-order valence-corrected chi connectivity index (χ2v) is 3.74. The van der Waals surface area contributed by atoms with Crippen molar-refractivity contribution >= 4 is 5.97 Å². The number of benzene rings is 1. The summed E-state index contributed by atoms with van der Waals surface area (Å²) < 4.78 is 18.4. The van der Waals surface area contributed by atoms with Crippen molar-refractivity contribution in [2.45, 2.75) is 13.0 Å². The molecule has 1 atom stereocenters. The number of carboxylic acid groups (broad SMARTS) is 1. The van der Waals surface area contributed by atoms with E-state index in [0.29, 0.717) is 13.2 Å². The molecule has 0 aliphatic carbocycles. The Morgan fingerprint density at radius 3 is 2.88 bits per heavy atom. The predicted octanol–water partition coefficient (Wildman–Crippen LogP) is 1.50. The van der Waals surface area contributed by atoms with Gasteiger partial charge in [-0.1, -0.05) is 17.7 Å². The second-order valence-electron chi connectivity index (χ2n) is 3.74. The maximum Gasteiger partial charge on any atom is 0.325 e. The van der Waals surface area contributed by atoms with Crippen molar-refractivity contribution in [2.24, 2.45) is 0 Å². The number of halogens is 1. The van der Waals surface area contributed by atoms with E-state index in [1.54, 1.807) is 13.0 Å². The van der Waals surface area contributed by atoms with Crippen LogP contribution in [0.15, 0.2) is 18.2 Å². The Morgan fingerprint density at radius 2 is 2.29 bits per heavy atom. The van der Waals surface area contributed by atoms with Crippen molar-refractivity contribution in [1.29, 1.82) is 0 Å². The third kappa shape index (κ3) is 3.80. The van der Waals surface area contributed by atoms with E-state index >= 15 is 0 Å². The van der Waals surface area contributed by atoms with Crippen LogP contribution in [0.1, 0.15) is 17.2 Å². The number of aryl methyl sites for hydroxylation is 1. The molecule has 0 aliphatic heterocycles. The summed E-state index contributed by atoms with van der Waals surface area (Å²) in [7, 11) is 1.52. The molecule has 1 aromatic rings. The first-order valence-corrected chi connectivity index (χ1v) is 5.27. The Hall–Kier alpha value is -1.46. The maximum atomic E-state index is 13.6. The number of nitrogens with one attached hydrogen (secondary N) is 1. The minimum absolute atomic E-state index is 0.147. The molecule has 0 saturated heterocycles. The van der Waals surface area contributed by atoms with E-state index in [4.69, 9.17) is 9.84 Å². The Morgan fingerprint density at radius 1 is 1.59 bits per heavy atom. The smallest absolute Gasteiger partial charge is 0.325 e. The molecule has 5 heteroatoms. The molecule has 1 aromatic carbocycles. The average Bonchev–Trinajstić information content (AvgIpc) is 2.28. The van der Waals surface area contributed by atoms with Gasteiger partial charge in [-0.25, -0.2) is 4.39 Å². The third-order valence-corrected chi connectivity index (χ3v) is 2.36. The normalized spacial score (nSPS) is 12.4. The number of ether oxygens (including phenoxy) is 1. The summed E-state index contributed by atoms with van der Waals surface area (Å²) in [5.41, 5.74) is 0.967. The standard InChI is InChI=1S/C12H16FNO3/c1-8-3-4-10(13)9(7-8)11(12(15)16)14-5-6-17-2/h3-4,7,11,14H,5-6H2,1-2H3,(H,15,16). The van der Waals surface area contributed by atoms with Gasteiger partial charge < -0.3 is 9.84 Å². The van der Waals surface area contributed by atoms with Gasteiger partial charge in [-0.15, -0.1) is 0 Å². The number of hydrogen-bond donors (Lipinski definition) is 2. The maximum absolute atomic E-state index is 13.6. The van der Waals surface area contributed by atoms with Gasteiger partial charge in [0.2, 0.25) is 0 Å². The van der Waals surface area contributed by atoms with Gasteiger partial charge in [0.05, 0.1) is 6.61 Å². The summed E-state index contributed by atoms with van der Waals surface area (Å²) in [6, 6.07) is 3.37. The van der Waals surface area contributed by atoms with E-state index in [0.717, 1.165) is 5.56 Å². The molecule has 17 heavy (non-hydrogen) atoms. The van der Waals surface area contributed by atoms with Gasteiger partial charge >= 0.3 is 5.97 Å². The summed E-state index contributed by atoms with van der Waals surface area (Å²) in [6.45, 7) is 2.51. The second kappa shape index (κ2) is 6.32. The van der Waals surface area contributed by atoms with Gasteiger partial charge in [-0.2, -0.15) is 0 Å². The van der Waals surface area contributed by atoms with Crippen LogP contribution in [-0.2, 0) is 9.53 Å². The fraction of sp³-hybridized carbons (Fsp3) is 0.417. The quantitative estimate of drug-likeness (QED) is 0.741. The number of hydrogen-bond acceptors (Lipinski definition) is 3. The molecule has 0 spiro atoms. The minimum Gasteiger partial charge on any atom is -0.480 e. The van der Waals surface area contributed by atoms with Crippen LogP contribution >= 0.6 is 0 Å². The minimum atomic E-state index is -1.11. The van der Waals surface area contributed by atoms with Crippen molar-refractivity contribution in [3.63, 3.8) is 0 Å². The molecule has 2 N–H and O–H groups in total. The van der Waals surface area contributed by atoms with Crippen molar-refractivity contribution in [2.75, 3.05) is 20.3 Å². The van der Waals surface area contributed by atoms with Crippen LogP contribution in [0, 0.1) is 12.7 Å². The highest BCUT2D eigenvalue weighted by Gasteiger charge is 2.22. The zero-order valence-corrected chi connectivity index (χ0v) is 9.87. The molecule has 0 radical (unpaired) electrons. The van der Waals surface area contributed by atoms with Crippen LogP contribution in [0.2, 0.25) is 0 Å². The molecule has 0 saturated carbocycles. The molecular weight excluding hydrogens is 225 g/mol. The van der Waals surface area contributed by atoms with Gasteiger partial charge in [0.15, 0.2) is 0 Å². The molecular formula is C12H16FNO3. The molecule has 0 fully saturated rings. The number of carboxylic acids is 1. The van der Waals surface area contributed by atoms with Gasteiger partial charge in [-0.3, -0.25) is 10.1 Å². The van der Waals surface area contributed by atoms with Crippen molar-refractivity contribution in [1.82, 2.24) is 5.32 Å². The third-order valence-electron chi connectivity index (χ3n) is 2.36. The van der Waals surface area contributed by atoms with E-state index in [1.807, 2.05) is 0 Å². The van der Waals surface area contributed by atoms with Gasteiger partial charge in [0.25, 0.3) is 0 Å². The topological polar surface area (TPSA) is 58.6 Å². The van der Waals surface area contributed by atoms with Gasteiger partial charge in [0, 0.05) is 19.2 Å². The van der Waals surface area contributed by atoms with Crippen LogP contribution < -0.4 is 5.32 Å². The molecule has 0 heterocycles. The Balaban J connectivity index is 2.89. The highest BCUT2D eigenvalue weighted by Crippen LogP contribution is 2.18. The number of carbonyl (C=O) groups is 1. The molecule has 0 amide bonds. The van der Waals surface area contributed by atoms with Gasteiger partial charge in [-0.05, 0) is 13.0 Å². The molecule has 0 aliphatic rings. The number of methoxy groups -OCH3 is 1. The Kier molecular flexibility index (Phi) is 5.06.